The number of carboxylic acid groups (broad SMARTS) is 1. The number of esters is 1. The van der Waals surface area contributed by atoms with Crippen molar-refractivity contribution in [2.75, 3.05) is 25.5 Å². The Morgan fingerprint density at radius 2 is 1.86 bits per heavy atom. The standard InChI is InChI=1S/C20H27N3O5/c1-28-19(26)8-13-4-6-15(7-5-13)21-20(27)22-16-9-17(10-16)23(12-18(24)25)11-14-2-3-14/h4-7,14,16-17H,2-3,8-12H2,1H3,(H,24,25)(H2,21,22,27). The van der Waals surface area contributed by atoms with E-state index in [1.165, 1.54) is 20.0 Å². The number of carbonyl (C=O) groups excluding carboxylic acids is 2. The third kappa shape index (κ3) is 5.95. The topological polar surface area (TPSA) is 108 Å². The Morgan fingerprint density at radius 3 is 2.43 bits per heavy atom. The molecule has 2 saturated carbocycles. The molecule has 0 aromatic heterocycles. The molecule has 2 fully saturated rings. The highest BCUT2D eigenvalue weighted by Gasteiger charge is 2.37. The molecule has 8 heteroatoms. The minimum atomic E-state index is -0.801. The minimum absolute atomic E-state index is 0.0547. The lowest BCUT2D eigenvalue weighted by molar-refractivity contribution is -0.140. The van der Waals surface area contributed by atoms with Crippen molar-refractivity contribution in [3.8, 4) is 0 Å². The molecule has 2 aliphatic rings. The summed E-state index contributed by atoms with van der Waals surface area (Å²) in [4.78, 5) is 36.5. The molecule has 0 bridgehead atoms. The highest BCUT2D eigenvalue weighted by molar-refractivity contribution is 5.89. The van der Waals surface area contributed by atoms with Crippen LogP contribution in [0.5, 0.6) is 0 Å². The maximum absolute atomic E-state index is 12.2. The Balaban J connectivity index is 1.41. The van der Waals surface area contributed by atoms with Gasteiger partial charge in [-0.15, -0.1) is 0 Å². The minimum Gasteiger partial charge on any atom is -0.480 e. The lowest BCUT2D eigenvalue weighted by Crippen LogP contribution is -2.55. The van der Waals surface area contributed by atoms with Gasteiger partial charge in [-0.1, -0.05) is 12.1 Å². The van der Waals surface area contributed by atoms with Gasteiger partial charge in [-0.3, -0.25) is 14.5 Å². The average molecular weight is 389 g/mol. The Labute approximate surface area is 164 Å². The molecule has 1 aromatic carbocycles. The van der Waals surface area contributed by atoms with E-state index in [2.05, 4.69) is 15.4 Å². The number of hydrogen-bond donors (Lipinski definition) is 3. The van der Waals surface area contributed by atoms with E-state index in [9.17, 15) is 14.4 Å². The first-order valence-electron chi connectivity index (χ1n) is 9.62. The number of nitrogens with one attached hydrogen (secondary N) is 2. The van der Waals surface area contributed by atoms with Gasteiger partial charge < -0.3 is 20.5 Å². The van der Waals surface area contributed by atoms with Crippen LogP contribution in [0.15, 0.2) is 24.3 Å². The number of hydrogen-bond acceptors (Lipinski definition) is 5. The number of benzene rings is 1. The summed E-state index contributed by atoms with van der Waals surface area (Å²) in [5.74, 6) is -0.473. The van der Waals surface area contributed by atoms with E-state index in [1.54, 1.807) is 24.3 Å². The molecular weight excluding hydrogens is 362 g/mol. The Morgan fingerprint density at radius 1 is 1.18 bits per heavy atom. The first-order chi connectivity index (χ1) is 13.4. The number of anilines is 1. The molecule has 0 radical (unpaired) electrons. The molecular formula is C20H27N3O5. The first kappa shape index (κ1) is 20.1. The van der Waals surface area contributed by atoms with Crippen molar-refractivity contribution >= 4 is 23.7 Å². The number of nitrogens with zero attached hydrogens (tertiary/aromatic N) is 1. The quantitative estimate of drug-likeness (QED) is 0.557. The number of methoxy groups -OCH3 is 1. The Kier molecular flexibility index (Phi) is 6.51. The second-order valence-corrected chi connectivity index (χ2v) is 7.64. The molecule has 152 valence electrons. The Bertz CT molecular complexity index is 711. The summed E-state index contributed by atoms with van der Waals surface area (Å²) >= 11 is 0. The van der Waals surface area contributed by atoms with Crippen LogP contribution in [0.3, 0.4) is 0 Å². The van der Waals surface area contributed by atoms with E-state index < -0.39 is 5.97 Å². The largest absolute Gasteiger partial charge is 0.480 e. The molecule has 0 atom stereocenters. The summed E-state index contributed by atoms with van der Waals surface area (Å²) in [6.07, 6.45) is 4.10. The third-order valence-corrected chi connectivity index (χ3v) is 5.28. The molecule has 3 N–H and O–H groups in total. The molecule has 1 aromatic rings. The number of rotatable bonds is 9. The summed E-state index contributed by atoms with van der Waals surface area (Å²) < 4.78 is 4.63. The zero-order valence-electron chi connectivity index (χ0n) is 16.0. The fraction of sp³-hybridized carbons (Fsp3) is 0.550. The van der Waals surface area contributed by atoms with Crippen LogP contribution in [0.1, 0.15) is 31.2 Å². The monoisotopic (exact) mass is 389 g/mol. The van der Waals surface area contributed by atoms with Crippen LogP contribution in [0, 0.1) is 5.92 Å². The van der Waals surface area contributed by atoms with Crippen molar-refractivity contribution in [1.82, 2.24) is 10.2 Å². The van der Waals surface area contributed by atoms with Gasteiger partial charge in [0.15, 0.2) is 0 Å². The van der Waals surface area contributed by atoms with E-state index >= 15 is 0 Å². The van der Waals surface area contributed by atoms with Crippen molar-refractivity contribution in [3.05, 3.63) is 29.8 Å². The number of aliphatic carboxylic acids is 1. The van der Waals surface area contributed by atoms with E-state index in [1.807, 2.05) is 4.90 Å². The SMILES string of the molecule is COC(=O)Cc1ccc(NC(=O)NC2CC(N(CC(=O)O)CC3CC3)C2)cc1. The predicted molar refractivity (Wildman–Crippen MR) is 103 cm³/mol. The average Bonchev–Trinajstić information content (AvgIpc) is 3.42. The number of carboxylic acids is 1. The van der Waals surface area contributed by atoms with Crippen molar-refractivity contribution < 1.29 is 24.2 Å². The molecule has 0 saturated heterocycles. The number of amides is 2. The van der Waals surface area contributed by atoms with E-state index in [0.717, 1.165) is 24.9 Å². The molecule has 8 nitrogen and oxygen atoms in total. The molecule has 28 heavy (non-hydrogen) atoms. The smallest absolute Gasteiger partial charge is 0.319 e. The van der Waals surface area contributed by atoms with Gasteiger partial charge in [0.25, 0.3) is 0 Å². The van der Waals surface area contributed by atoms with E-state index in [-0.39, 0.29) is 37.0 Å². The number of carbonyl (C=O) groups is 3. The van der Waals surface area contributed by atoms with Crippen LogP contribution >= 0.6 is 0 Å². The van der Waals surface area contributed by atoms with Crippen LogP contribution in [0.25, 0.3) is 0 Å². The first-order valence-corrected chi connectivity index (χ1v) is 9.62. The molecule has 2 aliphatic carbocycles. The maximum Gasteiger partial charge on any atom is 0.319 e. The second-order valence-electron chi connectivity index (χ2n) is 7.64. The van der Waals surface area contributed by atoms with Crippen molar-refractivity contribution in [1.29, 1.82) is 0 Å². The van der Waals surface area contributed by atoms with Crippen LogP contribution in [0.4, 0.5) is 10.5 Å². The van der Waals surface area contributed by atoms with Crippen LogP contribution in [-0.2, 0) is 20.7 Å². The highest BCUT2D eigenvalue weighted by atomic mass is 16.5. The van der Waals surface area contributed by atoms with Gasteiger partial charge in [0.05, 0.1) is 20.1 Å². The predicted octanol–water partition coefficient (Wildman–Crippen LogP) is 1.85. The van der Waals surface area contributed by atoms with Crippen LogP contribution < -0.4 is 10.6 Å². The zero-order chi connectivity index (χ0) is 20.1. The summed E-state index contributed by atoms with van der Waals surface area (Å²) in [6, 6.07) is 7.02. The van der Waals surface area contributed by atoms with Gasteiger partial charge >= 0.3 is 18.0 Å². The highest BCUT2D eigenvalue weighted by Crippen LogP contribution is 2.33. The van der Waals surface area contributed by atoms with Gasteiger partial charge in [-0.05, 0) is 49.3 Å². The number of ether oxygens (including phenoxy) is 1. The summed E-state index contributed by atoms with van der Waals surface area (Å²) in [7, 11) is 1.35. The van der Waals surface area contributed by atoms with Gasteiger partial charge in [0, 0.05) is 24.3 Å². The summed E-state index contributed by atoms with van der Waals surface area (Å²) in [5, 5.41) is 14.8. The molecule has 0 heterocycles. The molecule has 0 aliphatic heterocycles. The van der Waals surface area contributed by atoms with Gasteiger partial charge in [0.1, 0.15) is 0 Å². The van der Waals surface area contributed by atoms with Crippen molar-refractivity contribution in [2.45, 2.75) is 44.2 Å². The lowest BCUT2D eigenvalue weighted by atomic mass is 9.85. The molecule has 3 rings (SSSR count). The van der Waals surface area contributed by atoms with Crippen molar-refractivity contribution in [3.63, 3.8) is 0 Å². The number of urea groups is 1. The summed E-state index contributed by atoms with van der Waals surface area (Å²) in [5.41, 5.74) is 1.46. The lowest BCUT2D eigenvalue weighted by Gasteiger charge is -2.42. The maximum atomic E-state index is 12.2. The van der Waals surface area contributed by atoms with Gasteiger partial charge in [-0.2, -0.15) is 0 Å². The third-order valence-electron chi connectivity index (χ3n) is 5.28. The Hall–Kier alpha value is -2.61. The molecule has 0 unspecified atom stereocenters. The van der Waals surface area contributed by atoms with E-state index in [0.29, 0.717) is 11.6 Å². The molecule has 2 amide bonds. The summed E-state index contributed by atoms with van der Waals surface area (Å²) in [6.45, 7) is 0.909. The fourth-order valence-electron chi connectivity index (χ4n) is 3.45. The van der Waals surface area contributed by atoms with E-state index in [4.69, 9.17) is 5.11 Å². The normalized spacial score (nSPS) is 20.9. The van der Waals surface area contributed by atoms with Crippen LogP contribution in [-0.4, -0.2) is 60.3 Å². The second kappa shape index (κ2) is 9.05. The van der Waals surface area contributed by atoms with Crippen LogP contribution in [0.2, 0.25) is 0 Å². The molecule has 0 spiro atoms. The van der Waals surface area contributed by atoms with Gasteiger partial charge in [0.2, 0.25) is 0 Å². The van der Waals surface area contributed by atoms with Gasteiger partial charge in [-0.25, -0.2) is 4.79 Å². The fourth-order valence-corrected chi connectivity index (χ4v) is 3.45. The zero-order valence-corrected chi connectivity index (χ0v) is 16.0. The van der Waals surface area contributed by atoms with Crippen molar-refractivity contribution in [2.24, 2.45) is 5.92 Å².